The van der Waals surface area contributed by atoms with Gasteiger partial charge in [-0.15, -0.1) is 0 Å². The molecule has 0 aliphatic heterocycles. The highest BCUT2D eigenvalue weighted by atomic mass is 19.1. The number of benzene rings is 1. The van der Waals surface area contributed by atoms with Crippen molar-refractivity contribution in [2.75, 3.05) is 0 Å². The molecule has 1 N–H and O–H groups in total. The summed E-state index contributed by atoms with van der Waals surface area (Å²) in [5, 5.41) is 22.3. The minimum atomic E-state index is -1.06. The third-order valence-electron chi connectivity index (χ3n) is 3.13. The predicted molar refractivity (Wildman–Crippen MR) is 69.4 cm³/mol. The van der Waals surface area contributed by atoms with E-state index in [9.17, 15) is 19.3 Å². The van der Waals surface area contributed by atoms with Crippen molar-refractivity contribution in [1.82, 2.24) is 5.32 Å². The van der Waals surface area contributed by atoms with Crippen molar-refractivity contribution < 1.29 is 14.1 Å². The molecule has 1 aromatic carbocycles. The van der Waals surface area contributed by atoms with E-state index in [4.69, 9.17) is 5.26 Å². The molecule has 0 atom stereocenters. The Morgan fingerprint density at radius 2 is 2.05 bits per heavy atom. The van der Waals surface area contributed by atoms with Crippen molar-refractivity contribution in [3.63, 3.8) is 0 Å². The molecule has 6 nitrogen and oxygen atoms in total. The summed E-state index contributed by atoms with van der Waals surface area (Å²) in [5.74, 6) is -1.59. The molecule has 106 valence electrons. The van der Waals surface area contributed by atoms with Crippen molar-refractivity contribution in [3.05, 3.63) is 39.7 Å². The molecule has 0 aliphatic rings. The standard InChI is InChI=1S/C13H14FN3O3/c1-3-13(4-2,8-15)16-12(18)9-5-10(14)7-11(6-9)17(19)20/h5-7H,3-4H2,1-2H3,(H,16,18). The zero-order valence-electron chi connectivity index (χ0n) is 11.1. The number of hydrogen-bond donors (Lipinski definition) is 1. The fraction of sp³-hybridized carbons (Fsp3) is 0.385. The lowest BCUT2D eigenvalue weighted by Crippen LogP contribution is -2.46. The molecule has 0 heterocycles. The second-order valence-corrected chi connectivity index (χ2v) is 4.31. The molecule has 0 radical (unpaired) electrons. The maximum atomic E-state index is 13.3. The highest BCUT2D eigenvalue weighted by Crippen LogP contribution is 2.19. The Labute approximate surface area is 115 Å². The topological polar surface area (TPSA) is 96.0 Å². The first-order chi connectivity index (χ1) is 9.37. The van der Waals surface area contributed by atoms with Gasteiger partial charge in [-0.05, 0) is 18.9 Å². The fourth-order valence-electron chi connectivity index (χ4n) is 1.71. The zero-order valence-corrected chi connectivity index (χ0v) is 11.1. The summed E-state index contributed by atoms with van der Waals surface area (Å²) in [7, 11) is 0. The molecule has 0 saturated heterocycles. The van der Waals surface area contributed by atoms with Crippen LogP contribution in [0.4, 0.5) is 10.1 Å². The number of nitrogens with zero attached hydrogens (tertiary/aromatic N) is 2. The van der Waals surface area contributed by atoms with Gasteiger partial charge in [-0.1, -0.05) is 13.8 Å². The van der Waals surface area contributed by atoms with Crippen LogP contribution in [0, 0.1) is 27.3 Å². The van der Waals surface area contributed by atoms with Crippen LogP contribution >= 0.6 is 0 Å². The minimum Gasteiger partial charge on any atom is -0.334 e. The molecule has 7 heteroatoms. The lowest BCUT2D eigenvalue weighted by molar-refractivity contribution is -0.385. The van der Waals surface area contributed by atoms with E-state index in [0.29, 0.717) is 12.8 Å². The number of carbonyl (C=O) groups excluding carboxylic acids is 1. The average molecular weight is 279 g/mol. The largest absolute Gasteiger partial charge is 0.334 e. The lowest BCUT2D eigenvalue weighted by atomic mass is 9.94. The van der Waals surface area contributed by atoms with Crippen LogP contribution in [-0.2, 0) is 0 Å². The smallest absolute Gasteiger partial charge is 0.273 e. The van der Waals surface area contributed by atoms with Gasteiger partial charge in [0, 0.05) is 11.6 Å². The molecule has 0 aromatic heterocycles. The summed E-state index contributed by atoms with van der Waals surface area (Å²) in [5.41, 5.74) is -1.75. The lowest BCUT2D eigenvalue weighted by Gasteiger charge is -2.24. The van der Waals surface area contributed by atoms with Crippen LogP contribution < -0.4 is 5.32 Å². The Kier molecular flexibility index (Phi) is 4.75. The SMILES string of the molecule is CCC(C#N)(CC)NC(=O)c1cc(F)cc([N+](=O)[O-])c1. The van der Waals surface area contributed by atoms with Gasteiger partial charge in [-0.2, -0.15) is 5.26 Å². The number of non-ortho nitro benzene ring substituents is 1. The van der Waals surface area contributed by atoms with Crippen molar-refractivity contribution in [1.29, 1.82) is 5.26 Å². The first-order valence-corrected chi connectivity index (χ1v) is 6.06. The average Bonchev–Trinajstić information content (AvgIpc) is 2.44. The third kappa shape index (κ3) is 3.29. The highest BCUT2D eigenvalue weighted by molar-refractivity contribution is 5.95. The van der Waals surface area contributed by atoms with E-state index < -0.39 is 27.9 Å². The van der Waals surface area contributed by atoms with Gasteiger partial charge < -0.3 is 5.32 Å². The van der Waals surface area contributed by atoms with Crippen molar-refractivity contribution in [2.24, 2.45) is 0 Å². The van der Waals surface area contributed by atoms with Gasteiger partial charge in [0.1, 0.15) is 11.4 Å². The van der Waals surface area contributed by atoms with Crippen molar-refractivity contribution in [3.8, 4) is 6.07 Å². The number of carbonyl (C=O) groups is 1. The van der Waals surface area contributed by atoms with E-state index in [1.807, 2.05) is 6.07 Å². The molecule has 0 saturated carbocycles. The maximum absolute atomic E-state index is 13.3. The van der Waals surface area contributed by atoms with Crippen LogP contribution in [0.5, 0.6) is 0 Å². The van der Waals surface area contributed by atoms with E-state index in [1.54, 1.807) is 13.8 Å². The molecular formula is C13H14FN3O3. The van der Waals surface area contributed by atoms with Gasteiger partial charge in [0.05, 0.1) is 17.1 Å². The van der Waals surface area contributed by atoms with Gasteiger partial charge in [0.25, 0.3) is 11.6 Å². The Bertz CT molecular complexity index is 577. The van der Waals surface area contributed by atoms with Crippen molar-refractivity contribution >= 4 is 11.6 Å². The number of amides is 1. The minimum absolute atomic E-state index is 0.182. The molecule has 1 aromatic rings. The van der Waals surface area contributed by atoms with E-state index in [1.165, 1.54) is 0 Å². The van der Waals surface area contributed by atoms with Crippen LogP contribution in [0.1, 0.15) is 37.0 Å². The summed E-state index contributed by atoms with van der Waals surface area (Å²) >= 11 is 0. The first kappa shape index (κ1) is 15.6. The van der Waals surface area contributed by atoms with Crippen LogP contribution in [0.15, 0.2) is 18.2 Å². The number of halogens is 1. The quantitative estimate of drug-likeness (QED) is 0.661. The summed E-state index contributed by atoms with van der Waals surface area (Å²) in [6.45, 7) is 3.47. The van der Waals surface area contributed by atoms with Gasteiger partial charge in [-0.3, -0.25) is 14.9 Å². The first-order valence-electron chi connectivity index (χ1n) is 6.06. The highest BCUT2D eigenvalue weighted by Gasteiger charge is 2.28. The molecule has 1 rings (SSSR count). The van der Waals surface area contributed by atoms with E-state index in [0.717, 1.165) is 18.2 Å². The van der Waals surface area contributed by atoms with E-state index >= 15 is 0 Å². The number of nitro groups is 1. The van der Waals surface area contributed by atoms with E-state index in [2.05, 4.69) is 5.32 Å². The summed E-state index contributed by atoms with van der Waals surface area (Å²) in [6, 6.07) is 4.61. The van der Waals surface area contributed by atoms with Crippen LogP contribution in [0.25, 0.3) is 0 Å². The summed E-state index contributed by atoms with van der Waals surface area (Å²) in [4.78, 5) is 21.9. The molecule has 0 spiro atoms. The molecule has 0 fully saturated rings. The Morgan fingerprint density at radius 3 is 2.50 bits per heavy atom. The van der Waals surface area contributed by atoms with Gasteiger partial charge >= 0.3 is 0 Å². The normalized spacial score (nSPS) is 10.7. The number of nitrogens with one attached hydrogen (secondary N) is 1. The fourth-order valence-corrected chi connectivity index (χ4v) is 1.71. The molecule has 20 heavy (non-hydrogen) atoms. The molecule has 0 aliphatic carbocycles. The summed E-state index contributed by atoms with van der Waals surface area (Å²) < 4.78 is 13.3. The number of rotatable bonds is 5. The molecule has 0 unspecified atom stereocenters. The van der Waals surface area contributed by atoms with E-state index in [-0.39, 0.29) is 5.56 Å². The number of hydrogen-bond acceptors (Lipinski definition) is 4. The third-order valence-corrected chi connectivity index (χ3v) is 3.13. The molecular weight excluding hydrogens is 265 g/mol. The van der Waals surface area contributed by atoms with Crippen molar-refractivity contribution in [2.45, 2.75) is 32.2 Å². The Hall–Kier alpha value is -2.49. The van der Waals surface area contributed by atoms with Crippen LogP contribution in [0.2, 0.25) is 0 Å². The number of nitriles is 1. The zero-order chi connectivity index (χ0) is 15.3. The Balaban J connectivity index is 3.10. The monoisotopic (exact) mass is 279 g/mol. The van der Waals surface area contributed by atoms with Gasteiger partial charge in [0.2, 0.25) is 0 Å². The maximum Gasteiger partial charge on any atom is 0.273 e. The second kappa shape index (κ2) is 6.10. The molecule has 1 amide bonds. The number of nitro benzene ring substituents is 1. The predicted octanol–water partition coefficient (Wildman–Crippen LogP) is 2.55. The second-order valence-electron chi connectivity index (χ2n) is 4.31. The van der Waals surface area contributed by atoms with Gasteiger partial charge in [0.15, 0.2) is 0 Å². The van der Waals surface area contributed by atoms with Gasteiger partial charge in [-0.25, -0.2) is 4.39 Å². The Morgan fingerprint density at radius 1 is 1.45 bits per heavy atom. The van der Waals surface area contributed by atoms with Crippen LogP contribution in [-0.4, -0.2) is 16.4 Å². The molecule has 0 bridgehead atoms. The van der Waals surface area contributed by atoms with Crippen LogP contribution in [0.3, 0.4) is 0 Å². The summed E-state index contributed by atoms with van der Waals surface area (Å²) in [6.07, 6.45) is 0.756.